The number of rotatable bonds is 7. The van der Waals surface area contributed by atoms with Crippen LogP contribution in [0.2, 0.25) is 0 Å². The fraction of sp³-hybridized carbons (Fsp3) is 1.00. The van der Waals surface area contributed by atoms with E-state index in [1.54, 1.807) is 6.92 Å². The van der Waals surface area contributed by atoms with Crippen LogP contribution in [0.4, 0.5) is 0 Å². The lowest BCUT2D eigenvalue weighted by Gasteiger charge is -2.05. The molecule has 0 atom stereocenters. The molecule has 0 aliphatic carbocycles. The van der Waals surface area contributed by atoms with Crippen LogP contribution in [0.3, 0.4) is 0 Å². The van der Waals surface area contributed by atoms with E-state index in [0.29, 0.717) is 6.42 Å². The van der Waals surface area contributed by atoms with E-state index in [2.05, 4.69) is 9.44 Å². The molecule has 0 heterocycles. The first kappa shape index (κ1) is 13.8. The van der Waals surface area contributed by atoms with Crippen molar-refractivity contribution in [1.82, 2.24) is 9.44 Å². The summed E-state index contributed by atoms with van der Waals surface area (Å²) in [4.78, 5) is 0. The third kappa shape index (κ3) is 6.30. The fourth-order valence-electron chi connectivity index (χ4n) is 0.774. The van der Waals surface area contributed by atoms with Crippen LogP contribution in [0.1, 0.15) is 13.3 Å². The van der Waals surface area contributed by atoms with Gasteiger partial charge in [0.25, 0.3) is 0 Å². The Labute approximate surface area is 85.2 Å². The summed E-state index contributed by atoms with van der Waals surface area (Å²) < 4.78 is 48.3. The van der Waals surface area contributed by atoms with Crippen molar-refractivity contribution < 1.29 is 16.8 Å². The summed E-state index contributed by atoms with van der Waals surface area (Å²) in [5, 5.41) is 0. The molecule has 0 amide bonds. The highest BCUT2D eigenvalue weighted by Crippen LogP contribution is 1.88. The van der Waals surface area contributed by atoms with Crippen molar-refractivity contribution in [3.05, 3.63) is 0 Å². The third-order valence-electron chi connectivity index (χ3n) is 1.48. The number of hydrogen-bond acceptors (Lipinski definition) is 4. The SMILES string of the molecule is CCCS(=O)(=O)NCCS(=O)(=O)NC. The summed E-state index contributed by atoms with van der Waals surface area (Å²) >= 11 is 0. The van der Waals surface area contributed by atoms with E-state index in [4.69, 9.17) is 0 Å². The van der Waals surface area contributed by atoms with E-state index >= 15 is 0 Å². The van der Waals surface area contributed by atoms with Crippen molar-refractivity contribution >= 4 is 20.0 Å². The zero-order valence-electron chi connectivity index (χ0n) is 8.28. The zero-order valence-corrected chi connectivity index (χ0v) is 9.91. The molecule has 6 nitrogen and oxygen atoms in total. The van der Waals surface area contributed by atoms with Gasteiger partial charge in [0.05, 0.1) is 11.5 Å². The molecule has 0 aliphatic heterocycles. The molecule has 0 fully saturated rings. The van der Waals surface area contributed by atoms with Crippen LogP contribution in [0.5, 0.6) is 0 Å². The van der Waals surface area contributed by atoms with Gasteiger partial charge in [-0.2, -0.15) is 0 Å². The molecule has 0 unspecified atom stereocenters. The topological polar surface area (TPSA) is 92.3 Å². The molecule has 0 aromatic heterocycles. The highest BCUT2D eigenvalue weighted by atomic mass is 32.2. The van der Waals surface area contributed by atoms with Gasteiger partial charge in [0.2, 0.25) is 20.0 Å². The van der Waals surface area contributed by atoms with Gasteiger partial charge in [-0.05, 0) is 13.5 Å². The molecule has 0 bridgehead atoms. The van der Waals surface area contributed by atoms with Crippen LogP contribution in [-0.4, -0.2) is 41.9 Å². The molecule has 0 saturated heterocycles. The van der Waals surface area contributed by atoms with E-state index in [9.17, 15) is 16.8 Å². The number of nitrogens with one attached hydrogen (secondary N) is 2. The highest BCUT2D eigenvalue weighted by Gasteiger charge is 2.11. The molecule has 8 heteroatoms. The van der Waals surface area contributed by atoms with Gasteiger partial charge in [-0.1, -0.05) is 6.92 Å². The number of hydrogen-bond donors (Lipinski definition) is 2. The molecule has 86 valence electrons. The van der Waals surface area contributed by atoms with Gasteiger partial charge in [-0.25, -0.2) is 26.3 Å². The minimum absolute atomic E-state index is 0.0204. The van der Waals surface area contributed by atoms with Gasteiger partial charge in [-0.15, -0.1) is 0 Å². The van der Waals surface area contributed by atoms with E-state index < -0.39 is 20.0 Å². The van der Waals surface area contributed by atoms with Crippen molar-refractivity contribution in [3.63, 3.8) is 0 Å². The Balaban J connectivity index is 3.98. The molecular formula is C6H16N2O4S2. The van der Waals surface area contributed by atoms with Gasteiger partial charge in [-0.3, -0.25) is 0 Å². The minimum Gasteiger partial charge on any atom is -0.218 e. The summed E-state index contributed by atoms with van der Waals surface area (Å²) in [7, 11) is -5.35. The van der Waals surface area contributed by atoms with E-state index in [1.807, 2.05) is 0 Å². The summed E-state index contributed by atoms with van der Waals surface area (Å²) in [6.07, 6.45) is 0.508. The average molecular weight is 244 g/mol. The van der Waals surface area contributed by atoms with Gasteiger partial charge >= 0.3 is 0 Å². The maximum atomic E-state index is 11.1. The van der Waals surface area contributed by atoms with Crippen molar-refractivity contribution in [1.29, 1.82) is 0 Å². The molecule has 14 heavy (non-hydrogen) atoms. The predicted molar refractivity (Wildman–Crippen MR) is 54.9 cm³/mol. The maximum Gasteiger partial charge on any atom is 0.212 e. The van der Waals surface area contributed by atoms with Crippen LogP contribution in [0.15, 0.2) is 0 Å². The van der Waals surface area contributed by atoms with Crippen LogP contribution >= 0.6 is 0 Å². The lowest BCUT2D eigenvalue weighted by Crippen LogP contribution is -2.34. The Kier molecular flexibility index (Phi) is 5.57. The normalized spacial score (nSPS) is 13.0. The van der Waals surface area contributed by atoms with Crippen LogP contribution in [-0.2, 0) is 20.0 Å². The smallest absolute Gasteiger partial charge is 0.212 e. The Morgan fingerprint density at radius 2 is 1.57 bits per heavy atom. The zero-order chi connectivity index (χ0) is 11.2. The first-order chi connectivity index (χ1) is 6.33. The summed E-state index contributed by atoms with van der Waals surface area (Å²) in [6, 6.07) is 0. The average Bonchev–Trinajstić information content (AvgIpc) is 2.03. The minimum atomic E-state index is -3.33. The van der Waals surface area contributed by atoms with Gasteiger partial charge in [0, 0.05) is 6.54 Å². The molecule has 2 N–H and O–H groups in total. The molecule has 0 radical (unpaired) electrons. The fourth-order valence-corrected chi connectivity index (χ4v) is 2.57. The molecule has 0 spiro atoms. The third-order valence-corrected chi connectivity index (χ3v) is 4.43. The Bertz CT molecular complexity index is 346. The highest BCUT2D eigenvalue weighted by molar-refractivity contribution is 7.90. The Morgan fingerprint density at radius 1 is 1.00 bits per heavy atom. The Hall–Kier alpha value is -0.180. The van der Waals surface area contributed by atoms with Gasteiger partial charge < -0.3 is 0 Å². The van der Waals surface area contributed by atoms with Crippen LogP contribution < -0.4 is 9.44 Å². The molecule has 0 saturated carbocycles. The summed E-state index contributed by atoms with van der Waals surface area (Å²) in [5.41, 5.74) is 0. The molecule has 0 aromatic rings. The summed E-state index contributed by atoms with van der Waals surface area (Å²) in [6.45, 7) is 1.65. The molecule has 0 aliphatic rings. The lowest BCUT2D eigenvalue weighted by molar-refractivity contribution is 0.578. The second-order valence-corrected chi connectivity index (χ2v) is 6.71. The monoisotopic (exact) mass is 244 g/mol. The largest absolute Gasteiger partial charge is 0.218 e. The van der Waals surface area contributed by atoms with Crippen molar-refractivity contribution in [2.45, 2.75) is 13.3 Å². The van der Waals surface area contributed by atoms with E-state index in [1.165, 1.54) is 7.05 Å². The van der Waals surface area contributed by atoms with E-state index in [0.717, 1.165) is 0 Å². The second kappa shape index (κ2) is 5.64. The first-order valence-electron chi connectivity index (χ1n) is 4.21. The lowest BCUT2D eigenvalue weighted by atomic mass is 10.6. The van der Waals surface area contributed by atoms with Crippen LogP contribution in [0, 0.1) is 0 Å². The maximum absolute atomic E-state index is 11.1. The predicted octanol–water partition coefficient (Wildman–Crippen LogP) is -1.13. The Morgan fingerprint density at radius 3 is 2.00 bits per heavy atom. The number of sulfonamides is 2. The van der Waals surface area contributed by atoms with Crippen LogP contribution in [0.25, 0.3) is 0 Å². The van der Waals surface area contributed by atoms with Gasteiger partial charge in [0.1, 0.15) is 0 Å². The quantitative estimate of drug-likeness (QED) is 0.592. The first-order valence-corrected chi connectivity index (χ1v) is 7.52. The molecule has 0 aromatic carbocycles. The summed E-state index contributed by atoms with van der Waals surface area (Å²) in [5.74, 6) is -0.223. The van der Waals surface area contributed by atoms with Gasteiger partial charge in [0.15, 0.2) is 0 Å². The second-order valence-electron chi connectivity index (χ2n) is 2.74. The molecule has 0 rings (SSSR count). The molecular weight excluding hydrogens is 228 g/mol. The van der Waals surface area contributed by atoms with Crippen molar-refractivity contribution in [2.75, 3.05) is 25.1 Å². The van der Waals surface area contributed by atoms with E-state index in [-0.39, 0.29) is 18.1 Å². The van der Waals surface area contributed by atoms with Crippen molar-refractivity contribution in [2.24, 2.45) is 0 Å². The van der Waals surface area contributed by atoms with Crippen molar-refractivity contribution in [3.8, 4) is 0 Å². The standard InChI is InChI=1S/C6H16N2O4S2/c1-3-5-14(11,12)8-4-6-13(9,10)7-2/h7-8H,3-6H2,1-2H3.